The van der Waals surface area contributed by atoms with Crippen LogP contribution in [0.3, 0.4) is 0 Å². The molecule has 0 aromatic carbocycles. The summed E-state index contributed by atoms with van der Waals surface area (Å²) in [4.78, 5) is 0. The Labute approximate surface area is 108 Å². The summed E-state index contributed by atoms with van der Waals surface area (Å²) in [5, 5.41) is 0. The summed E-state index contributed by atoms with van der Waals surface area (Å²) in [7, 11) is 0. The van der Waals surface area contributed by atoms with Crippen LogP contribution in [0, 0.1) is 11.8 Å². The van der Waals surface area contributed by atoms with Crippen LogP contribution < -0.4 is 0 Å². The van der Waals surface area contributed by atoms with Crippen LogP contribution in [-0.4, -0.2) is 0 Å². The molecule has 0 spiro atoms. The molecule has 2 aliphatic rings. The van der Waals surface area contributed by atoms with Crippen molar-refractivity contribution in [1.82, 2.24) is 0 Å². The number of hydrogen-bond acceptors (Lipinski definition) is 0. The van der Waals surface area contributed by atoms with Crippen molar-refractivity contribution in [3.8, 4) is 0 Å². The Bertz CT molecular complexity index is 274. The molecular weight excluding hydrogens is 204 g/mol. The predicted octanol–water partition coefficient (Wildman–Crippen LogP) is 5.67. The zero-order chi connectivity index (χ0) is 12.5. The first kappa shape index (κ1) is 14.3. The Kier molecular flexibility index (Phi) is 7.00. The van der Waals surface area contributed by atoms with Crippen molar-refractivity contribution in [2.24, 2.45) is 11.8 Å². The van der Waals surface area contributed by atoms with Crippen molar-refractivity contribution in [3.63, 3.8) is 0 Å². The van der Waals surface area contributed by atoms with E-state index < -0.39 is 0 Å². The summed E-state index contributed by atoms with van der Waals surface area (Å²) >= 11 is 0. The van der Waals surface area contributed by atoms with Gasteiger partial charge in [0.25, 0.3) is 0 Å². The monoisotopic (exact) mass is 232 g/mol. The topological polar surface area (TPSA) is 0 Å². The van der Waals surface area contributed by atoms with Crippen molar-refractivity contribution < 1.29 is 0 Å². The standard InChI is InChI=1S/C10H14.C7H14/c1-9-5-3-7-10(2)8-4-6-9;1-7-5-3-2-4-6-7/h3-7,9H,8H2,1-2H3;7H,2-6H2,1H3/b5-3?,6-4-,10-7-;. The van der Waals surface area contributed by atoms with Gasteiger partial charge >= 0.3 is 0 Å². The van der Waals surface area contributed by atoms with Crippen LogP contribution in [0.15, 0.2) is 36.0 Å². The highest BCUT2D eigenvalue weighted by atomic mass is 14.1. The van der Waals surface area contributed by atoms with Gasteiger partial charge in [-0.1, -0.05) is 81.9 Å². The zero-order valence-electron chi connectivity index (χ0n) is 11.8. The van der Waals surface area contributed by atoms with E-state index in [1.54, 1.807) is 0 Å². The summed E-state index contributed by atoms with van der Waals surface area (Å²) in [6.45, 7) is 6.71. The van der Waals surface area contributed by atoms with Crippen LogP contribution in [0.2, 0.25) is 0 Å². The Balaban J connectivity index is 0.000000181. The Morgan fingerprint density at radius 3 is 2.29 bits per heavy atom. The van der Waals surface area contributed by atoms with E-state index in [0.717, 1.165) is 12.3 Å². The Morgan fingerprint density at radius 2 is 1.71 bits per heavy atom. The molecule has 96 valence electrons. The van der Waals surface area contributed by atoms with E-state index in [0.29, 0.717) is 5.92 Å². The second kappa shape index (κ2) is 8.33. The fourth-order valence-corrected chi connectivity index (χ4v) is 2.30. The smallest absolute Gasteiger partial charge is 0.00787 e. The molecule has 0 radical (unpaired) electrons. The molecule has 0 bridgehead atoms. The number of hydrogen-bond donors (Lipinski definition) is 0. The molecule has 1 saturated carbocycles. The van der Waals surface area contributed by atoms with Gasteiger partial charge in [0, 0.05) is 0 Å². The van der Waals surface area contributed by atoms with Crippen molar-refractivity contribution in [2.75, 3.05) is 0 Å². The van der Waals surface area contributed by atoms with E-state index in [1.807, 2.05) is 0 Å². The van der Waals surface area contributed by atoms with E-state index in [9.17, 15) is 0 Å². The largest absolute Gasteiger partial charge is 0.0839 e. The van der Waals surface area contributed by atoms with E-state index in [1.165, 1.54) is 37.7 Å². The van der Waals surface area contributed by atoms with Gasteiger partial charge in [0.1, 0.15) is 0 Å². The summed E-state index contributed by atoms with van der Waals surface area (Å²) in [6.07, 6.45) is 19.6. The molecule has 2 rings (SSSR count). The molecule has 1 atom stereocenters. The van der Waals surface area contributed by atoms with Crippen LogP contribution >= 0.6 is 0 Å². The lowest BCUT2D eigenvalue weighted by molar-refractivity contribution is 0.385. The normalized spacial score (nSPS) is 30.3. The molecule has 0 heteroatoms. The quantitative estimate of drug-likeness (QED) is 0.472. The molecule has 0 saturated heterocycles. The summed E-state index contributed by atoms with van der Waals surface area (Å²) in [5.74, 6) is 1.64. The predicted molar refractivity (Wildman–Crippen MR) is 78.1 cm³/mol. The van der Waals surface area contributed by atoms with Crippen LogP contribution in [-0.2, 0) is 0 Å². The molecule has 0 N–H and O–H groups in total. The average molecular weight is 232 g/mol. The minimum Gasteiger partial charge on any atom is -0.0839 e. The fraction of sp³-hybridized carbons (Fsp3) is 0.647. The van der Waals surface area contributed by atoms with E-state index in [-0.39, 0.29) is 0 Å². The molecule has 17 heavy (non-hydrogen) atoms. The number of rotatable bonds is 0. The molecule has 1 fully saturated rings. The maximum absolute atomic E-state index is 2.36. The maximum Gasteiger partial charge on any atom is -0.00787 e. The van der Waals surface area contributed by atoms with Crippen molar-refractivity contribution in [3.05, 3.63) is 36.0 Å². The maximum atomic E-state index is 2.36. The molecule has 0 amide bonds. The van der Waals surface area contributed by atoms with E-state index >= 15 is 0 Å². The zero-order valence-corrected chi connectivity index (χ0v) is 11.8. The highest BCUT2D eigenvalue weighted by molar-refractivity contribution is 5.18. The first-order valence-corrected chi connectivity index (χ1v) is 7.19. The molecule has 0 heterocycles. The second-order valence-electron chi connectivity index (χ2n) is 5.63. The third kappa shape index (κ3) is 7.20. The third-order valence-electron chi connectivity index (χ3n) is 3.57. The van der Waals surface area contributed by atoms with Gasteiger partial charge in [-0.2, -0.15) is 0 Å². The van der Waals surface area contributed by atoms with Crippen molar-refractivity contribution in [1.29, 1.82) is 0 Å². The highest BCUT2D eigenvalue weighted by Crippen LogP contribution is 2.22. The second-order valence-corrected chi connectivity index (χ2v) is 5.63. The summed E-state index contributed by atoms with van der Waals surface area (Å²) < 4.78 is 0. The fourth-order valence-electron chi connectivity index (χ4n) is 2.30. The molecular formula is C17H28. The first-order valence-electron chi connectivity index (χ1n) is 7.19. The van der Waals surface area contributed by atoms with E-state index in [2.05, 4.69) is 51.2 Å². The molecule has 2 aliphatic carbocycles. The average Bonchev–Trinajstić information content (AvgIpc) is 2.28. The highest BCUT2D eigenvalue weighted by Gasteiger charge is 2.05. The SMILES string of the molecule is C/C1=C/C=CC(C)/C=C\C1.CC1CCCCC1. The van der Waals surface area contributed by atoms with Crippen LogP contribution in [0.5, 0.6) is 0 Å². The van der Waals surface area contributed by atoms with Gasteiger partial charge < -0.3 is 0 Å². The lowest BCUT2D eigenvalue weighted by atomic mass is 9.91. The molecule has 0 aromatic rings. The van der Waals surface area contributed by atoms with Gasteiger partial charge in [-0.15, -0.1) is 0 Å². The van der Waals surface area contributed by atoms with Crippen molar-refractivity contribution >= 4 is 0 Å². The summed E-state index contributed by atoms with van der Waals surface area (Å²) in [5.41, 5.74) is 1.43. The van der Waals surface area contributed by atoms with Crippen LogP contribution in [0.25, 0.3) is 0 Å². The molecule has 1 unspecified atom stereocenters. The lowest BCUT2D eigenvalue weighted by Gasteiger charge is -2.15. The van der Waals surface area contributed by atoms with Gasteiger partial charge in [0.05, 0.1) is 0 Å². The van der Waals surface area contributed by atoms with Gasteiger partial charge in [0.2, 0.25) is 0 Å². The minimum atomic E-state index is 0.601. The summed E-state index contributed by atoms with van der Waals surface area (Å²) in [6, 6.07) is 0. The van der Waals surface area contributed by atoms with Gasteiger partial charge in [0.15, 0.2) is 0 Å². The third-order valence-corrected chi connectivity index (χ3v) is 3.57. The first-order chi connectivity index (χ1) is 8.18. The Hall–Kier alpha value is -0.780. The van der Waals surface area contributed by atoms with Crippen LogP contribution in [0.4, 0.5) is 0 Å². The lowest BCUT2D eigenvalue weighted by Crippen LogP contribution is -1.99. The molecule has 0 aliphatic heterocycles. The minimum absolute atomic E-state index is 0.601. The number of allylic oxidation sites excluding steroid dienone is 6. The molecule has 0 aromatic heterocycles. The van der Waals surface area contributed by atoms with Gasteiger partial charge in [-0.05, 0) is 25.2 Å². The van der Waals surface area contributed by atoms with E-state index in [4.69, 9.17) is 0 Å². The van der Waals surface area contributed by atoms with Gasteiger partial charge in [-0.3, -0.25) is 0 Å². The van der Waals surface area contributed by atoms with Crippen LogP contribution in [0.1, 0.15) is 59.3 Å². The Morgan fingerprint density at radius 1 is 1.00 bits per heavy atom. The molecule has 0 nitrogen and oxygen atoms in total. The van der Waals surface area contributed by atoms with Gasteiger partial charge in [-0.25, -0.2) is 0 Å². The van der Waals surface area contributed by atoms with Crippen molar-refractivity contribution in [2.45, 2.75) is 59.3 Å².